The van der Waals surface area contributed by atoms with Crippen molar-refractivity contribution in [1.82, 2.24) is 9.58 Å². The van der Waals surface area contributed by atoms with Crippen LogP contribution in [0.3, 0.4) is 0 Å². The molecule has 0 spiro atoms. The molecule has 31 heavy (non-hydrogen) atoms. The summed E-state index contributed by atoms with van der Waals surface area (Å²) in [4.78, 5) is 18.7. The molecule has 0 aliphatic heterocycles. The summed E-state index contributed by atoms with van der Waals surface area (Å²) >= 11 is 7.81. The Bertz CT molecular complexity index is 1030. The van der Waals surface area contributed by atoms with E-state index in [1.807, 2.05) is 0 Å². The van der Waals surface area contributed by atoms with E-state index in [0.29, 0.717) is 16.3 Å². The molecule has 7 nitrogen and oxygen atoms in total. The largest absolute Gasteiger partial charge is 0.496 e. The Kier molecular flexibility index (Phi) is 8.31. The minimum atomic E-state index is -1.17. The lowest BCUT2D eigenvalue weighted by atomic mass is 10.1. The van der Waals surface area contributed by atoms with Crippen molar-refractivity contribution >= 4 is 34.9 Å². The summed E-state index contributed by atoms with van der Waals surface area (Å²) in [5.41, 5.74) is 0.898. The molecule has 0 radical (unpaired) electrons. The molecule has 0 aliphatic rings. The molecule has 0 fully saturated rings. The number of unbranched alkanes of at least 4 members (excludes halogenated alkanes) is 1. The summed E-state index contributed by atoms with van der Waals surface area (Å²) in [6.07, 6.45) is 0.903. The number of halogens is 1. The second kappa shape index (κ2) is 10.3. The number of carboxylic acid groups (broad SMARTS) is 1. The van der Waals surface area contributed by atoms with Gasteiger partial charge in [0.15, 0.2) is 10.6 Å². The molecular weight excluding hydrogens is 436 g/mol. The van der Waals surface area contributed by atoms with Gasteiger partial charge in [-0.3, -0.25) is 0 Å². The van der Waals surface area contributed by atoms with Crippen LogP contribution in [-0.2, 0) is 6.54 Å². The zero-order valence-corrected chi connectivity index (χ0v) is 20.8. The number of rotatable bonds is 6. The van der Waals surface area contributed by atoms with Gasteiger partial charge in [-0.25, -0.2) is 4.79 Å². The minimum Gasteiger partial charge on any atom is -0.496 e. The molecule has 0 unspecified atom stereocenters. The number of aromatic nitrogens is 1. The third-order valence-electron chi connectivity index (χ3n) is 4.74. The molecule has 1 aromatic carbocycles. The molecule has 0 bridgehead atoms. The van der Waals surface area contributed by atoms with E-state index in [9.17, 15) is 9.90 Å². The smallest absolute Gasteiger partial charge is 0.428 e. The van der Waals surface area contributed by atoms with Gasteiger partial charge >= 0.3 is 6.09 Å². The van der Waals surface area contributed by atoms with Gasteiger partial charge in [0.05, 0.1) is 18.2 Å². The quantitative estimate of drug-likeness (QED) is 0.338. The van der Waals surface area contributed by atoms with Gasteiger partial charge in [0.25, 0.3) is 0 Å². The van der Waals surface area contributed by atoms with Crippen LogP contribution >= 0.6 is 22.9 Å². The summed E-state index contributed by atoms with van der Waals surface area (Å²) in [5, 5.41) is 15.7. The third kappa shape index (κ3) is 6.11. The van der Waals surface area contributed by atoms with E-state index in [1.165, 1.54) is 0 Å². The summed E-state index contributed by atoms with van der Waals surface area (Å²) < 4.78 is 7.65. The van der Waals surface area contributed by atoms with Crippen LogP contribution < -0.4 is 9.54 Å². The zero-order valence-electron chi connectivity index (χ0n) is 19.2. The molecule has 2 rings (SSSR count). The highest BCUT2D eigenvalue weighted by molar-refractivity contribution is 7.09. The van der Waals surface area contributed by atoms with Gasteiger partial charge in [0.2, 0.25) is 0 Å². The average molecular weight is 467 g/mol. The van der Waals surface area contributed by atoms with Gasteiger partial charge < -0.3 is 14.4 Å². The number of thiazole rings is 1. The molecule has 0 atom stereocenters. The van der Waals surface area contributed by atoms with E-state index in [2.05, 4.69) is 30.4 Å². The summed E-state index contributed by atoms with van der Waals surface area (Å²) in [5.74, 6) is 0.736. The number of ether oxygens (including phenoxy) is 1. The van der Waals surface area contributed by atoms with E-state index in [-0.39, 0.29) is 5.84 Å². The number of carbonyl (C=O) groups is 1. The van der Waals surface area contributed by atoms with Gasteiger partial charge in [-0.15, -0.1) is 16.4 Å². The van der Waals surface area contributed by atoms with Crippen molar-refractivity contribution in [2.45, 2.75) is 66.5 Å². The maximum Gasteiger partial charge on any atom is 0.428 e. The van der Waals surface area contributed by atoms with Crippen LogP contribution in [0.1, 0.15) is 56.7 Å². The SMILES string of the molecule is CCCCn1c(C)c(C)sc1=NC(=NN(C(=O)O)C(C)(C)C)c1cc(Cl)ccc1OC. The van der Waals surface area contributed by atoms with Gasteiger partial charge in [-0.1, -0.05) is 24.9 Å². The lowest BCUT2D eigenvalue weighted by Gasteiger charge is -2.28. The zero-order chi connectivity index (χ0) is 23.3. The van der Waals surface area contributed by atoms with E-state index in [0.717, 1.165) is 39.8 Å². The third-order valence-corrected chi connectivity index (χ3v) is 6.07. The standard InChI is InChI=1S/C22H31ClN4O3S/c1-8-9-12-26-14(2)15(3)31-20(26)24-19(25-27(21(28)29)22(4,5)6)17-13-16(23)10-11-18(17)30-7/h10-11,13H,8-9,12H2,1-7H3,(H,28,29). The van der Waals surface area contributed by atoms with Crippen LogP contribution in [0.25, 0.3) is 0 Å². The Morgan fingerprint density at radius 3 is 2.55 bits per heavy atom. The first kappa shape index (κ1) is 24.9. The second-order valence-corrected chi connectivity index (χ2v) is 9.79. The molecule has 1 N–H and O–H groups in total. The number of amides is 1. The van der Waals surface area contributed by atoms with Crippen molar-refractivity contribution in [2.24, 2.45) is 10.1 Å². The number of hydrogen-bond acceptors (Lipinski definition) is 4. The van der Waals surface area contributed by atoms with Crippen molar-refractivity contribution in [2.75, 3.05) is 7.11 Å². The number of hydrogen-bond donors (Lipinski definition) is 1. The lowest BCUT2D eigenvalue weighted by molar-refractivity contribution is 0.103. The van der Waals surface area contributed by atoms with Crippen molar-refractivity contribution in [3.05, 3.63) is 44.2 Å². The predicted molar refractivity (Wildman–Crippen MR) is 126 cm³/mol. The van der Waals surface area contributed by atoms with Crippen molar-refractivity contribution in [1.29, 1.82) is 0 Å². The van der Waals surface area contributed by atoms with E-state index in [1.54, 1.807) is 57.4 Å². The second-order valence-electron chi connectivity index (χ2n) is 8.18. The number of amidine groups is 1. The molecular formula is C22H31ClN4O3S. The van der Waals surface area contributed by atoms with Gasteiger partial charge in [-0.2, -0.15) is 10.0 Å². The van der Waals surface area contributed by atoms with Crippen LogP contribution in [0.5, 0.6) is 5.75 Å². The fourth-order valence-corrected chi connectivity index (χ4v) is 4.09. The molecule has 1 amide bonds. The van der Waals surface area contributed by atoms with Crippen LogP contribution in [0.2, 0.25) is 5.02 Å². The topological polar surface area (TPSA) is 79.4 Å². The number of hydrazone groups is 1. The number of aryl methyl sites for hydroxylation is 1. The Morgan fingerprint density at radius 1 is 1.32 bits per heavy atom. The van der Waals surface area contributed by atoms with Crippen LogP contribution in [0.4, 0.5) is 4.79 Å². The predicted octanol–water partition coefficient (Wildman–Crippen LogP) is 5.67. The molecule has 0 saturated heterocycles. The number of benzene rings is 1. The van der Waals surface area contributed by atoms with Gasteiger partial charge in [0, 0.05) is 22.1 Å². The van der Waals surface area contributed by atoms with E-state index >= 15 is 0 Å². The van der Waals surface area contributed by atoms with Crippen molar-refractivity contribution in [3.8, 4) is 5.75 Å². The fourth-order valence-electron chi connectivity index (χ4n) is 2.92. The highest BCUT2D eigenvalue weighted by Crippen LogP contribution is 2.25. The van der Waals surface area contributed by atoms with E-state index < -0.39 is 11.6 Å². The molecule has 9 heteroatoms. The Balaban J connectivity index is 2.84. The Labute approximate surface area is 192 Å². The molecule has 1 aromatic heterocycles. The fraction of sp³-hybridized carbons (Fsp3) is 0.500. The number of methoxy groups -OCH3 is 1. The van der Waals surface area contributed by atoms with E-state index in [4.69, 9.17) is 21.3 Å². The maximum absolute atomic E-state index is 12.0. The average Bonchev–Trinajstić information content (AvgIpc) is 2.95. The Hall–Kier alpha value is -2.32. The summed E-state index contributed by atoms with van der Waals surface area (Å²) in [7, 11) is 1.55. The molecule has 170 valence electrons. The summed E-state index contributed by atoms with van der Waals surface area (Å²) in [6, 6.07) is 5.12. The van der Waals surface area contributed by atoms with Gasteiger partial charge in [-0.05, 0) is 59.2 Å². The molecule has 2 aromatic rings. The first-order valence-electron chi connectivity index (χ1n) is 10.2. The van der Waals surface area contributed by atoms with Crippen LogP contribution in [-0.4, -0.2) is 39.3 Å². The Morgan fingerprint density at radius 2 is 2.00 bits per heavy atom. The van der Waals surface area contributed by atoms with Crippen molar-refractivity contribution in [3.63, 3.8) is 0 Å². The lowest BCUT2D eigenvalue weighted by Crippen LogP contribution is -2.41. The van der Waals surface area contributed by atoms with Crippen LogP contribution in [0.15, 0.2) is 28.3 Å². The monoisotopic (exact) mass is 466 g/mol. The van der Waals surface area contributed by atoms with Crippen LogP contribution in [0, 0.1) is 13.8 Å². The first-order valence-corrected chi connectivity index (χ1v) is 11.4. The normalized spacial score (nSPS) is 12.9. The first-order chi connectivity index (χ1) is 14.5. The van der Waals surface area contributed by atoms with Gasteiger partial charge in [0.1, 0.15) is 5.75 Å². The molecule has 0 saturated carbocycles. The molecule has 0 aliphatic carbocycles. The highest BCUT2D eigenvalue weighted by Gasteiger charge is 2.28. The molecule has 1 heterocycles. The highest BCUT2D eigenvalue weighted by atomic mass is 35.5. The summed E-state index contributed by atoms with van der Waals surface area (Å²) in [6.45, 7) is 12.4. The number of nitrogens with zero attached hydrogens (tertiary/aromatic N) is 4. The van der Waals surface area contributed by atoms with Crippen molar-refractivity contribution < 1.29 is 14.6 Å². The minimum absolute atomic E-state index is 0.225. The maximum atomic E-state index is 12.0.